The van der Waals surface area contributed by atoms with E-state index in [4.69, 9.17) is 35.3 Å². The Morgan fingerprint density at radius 3 is 2.67 bits per heavy atom. The van der Waals surface area contributed by atoms with Gasteiger partial charge < -0.3 is 28.3 Å². The van der Waals surface area contributed by atoms with E-state index < -0.39 is 23.2 Å². The molecule has 2 aliphatic heterocycles. The van der Waals surface area contributed by atoms with Gasteiger partial charge >= 0.3 is 5.97 Å². The Balaban J connectivity index is 1.46. The molecule has 1 unspecified atom stereocenters. The molecule has 11 heteroatoms. The van der Waals surface area contributed by atoms with E-state index >= 15 is 0 Å². The van der Waals surface area contributed by atoms with Crippen LogP contribution in [0.4, 0.5) is 0 Å². The lowest BCUT2D eigenvalue weighted by molar-refractivity contribution is -0.169. The summed E-state index contributed by atoms with van der Waals surface area (Å²) < 4.78 is 31.5. The fourth-order valence-electron chi connectivity index (χ4n) is 5.48. The molecule has 0 aliphatic carbocycles. The molecule has 3 aromatic rings. The standard InChI is InChI=1S/C31H37ClN4O6/c1-30(2,29(37)40-6)41-19-31(3)18-33-34-36(31)16-14-25-24-10-8-15-35(24)23-13-12-20(32)17-22(23)27(42-25)21-9-7-11-26(38-4)28(21)39-5/h7-13,15,17,25,27H,14,16,18-19H2,1-6H3/t25-,27-,31?/m1/s1. The number of benzene rings is 2. The molecule has 2 aromatic carbocycles. The Morgan fingerprint density at radius 2 is 1.93 bits per heavy atom. The van der Waals surface area contributed by atoms with Gasteiger partial charge in [-0.15, -0.1) is 0 Å². The van der Waals surface area contributed by atoms with Crippen LogP contribution in [-0.4, -0.2) is 67.7 Å². The van der Waals surface area contributed by atoms with Gasteiger partial charge in [0, 0.05) is 28.9 Å². The number of nitrogens with zero attached hydrogens (tertiary/aromatic N) is 4. The lowest BCUT2D eigenvalue weighted by atomic mass is 9.98. The first-order valence-corrected chi connectivity index (χ1v) is 14.2. The number of fused-ring (bicyclic) bond motifs is 3. The molecule has 1 aromatic heterocycles. The van der Waals surface area contributed by atoms with Crippen molar-refractivity contribution in [2.24, 2.45) is 10.3 Å². The van der Waals surface area contributed by atoms with Gasteiger partial charge in [-0.3, -0.25) is 5.01 Å². The number of carbonyl (C=O) groups is 1. The van der Waals surface area contributed by atoms with Gasteiger partial charge in [0.1, 0.15) is 17.7 Å². The second-order valence-corrected chi connectivity index (χ2v) is 11.6. The van der Waals surface area contributed by atoms with Crippen molar-refractivity contribution in [3.63, 3.8) is 0 Å². The van der Waals surface area contributed by atoms with Crippen LogP contribution in [0.15, 0.2) is 65.1 Å². The van der Waals surface area contributed by atoms with Crippen molar-refractivity contribution in [2.75, 3.05) is 41.0 Å². The molecule has 0 spiro atoms. The molecule has 5 rings (SSSR count). The summed E-state index contributed by atoms with van der Waals surface area (Å²) in [5, 5.41) is 11.3. The molecule has 3 heterocycles. The van der Waals surface area contributed by atoms with E-state index in [0.717, 1.165) is 22.5 Å². The highest BCUT2D eigenvalue weighted by atomic mass is 35.5. The maximum atomic E-state index is 12.2. The van der Waals surface area contributed by atoms with E-state index in [0.29, 0.717) is 36.0 Å². The highest BCUT2D eigenvalue weighted by molar-refractivity contribution is 6.30. The zero-order chi connectivity index (χ0) is 30.1. The zero-order valence-corrected chi connectivity index (χ0v) is 25.6. The highest BCUT2D eigenvalue weighted by Gasteiger charge is 2.41. The van der Waals surface area contributed by atoms with Gasteiger partial charge in [0.25, 0.3) is 0 Å². The molecule has 0 N–H and O–H groups in total. The third-order valence-electron chi connectivity index (χ3n) is 7.89. The minimum atomic E-state index is -1.09. The van der Waals surface area contributed by atoms with Gasteiger partial charge in [0.15, 0.2) is 17.1 Å². The van der Waals surface area contributed by atoms with Crippen LogP contribution in [-0.2, 0) is 19.0 Å². The number of hydrogen-bond acceptors (Lipinski definition) is 9. The van der Waals surface area contributed by atoms with Crippen LogP contribution in [0, 0.1) is 0 Å². The number of hydrogen-bond donors (Lipinski definition) is 0. The maximum Gasteiger partial charge on any atom is 0.337 e. The molecule has 10 nitrogen and oxygen atoms in total. The lowest BCUT2D eigenvalue weighted by Gasteiger charge is -2.35. The number of aromatic nitrogens is 1. The molecular formula is C31H37ClN4O6. The predicted octanol–water partition coefficient (Wildman–Crippen LogP) is 6.11. The Morgan fingerprint density at radius 1 is 1.12 bits per heavy atom. The van der Waals surface area contributed by atoms with Gasteiger partial charge in [-0.25, -0.2) is 4.79 Å². The van der Waals surface area contributed by atoms with Crippen molar-refractivity contribution >= 4 is 17.6 Å². The first-order chi connectivity index (χ1) is 20.1. The number of methoxy groups -OCH3 is 3. The predicted molar refractivity (Wildman–Crippen MR) is 157 cm³/mol. The molecule has 0 fully saturated rings. The Hall–Kier alpha value is -3.60. The minimum Gasteiger partial charge on any atom is -0.493 e. The molecular weight excluding hydrogens is 560 g/mol. The summed E-state index contributed by atoms with van der Waals surface area (Å²) >= 11 is 6.53. The Bertz CT molecular complexity index is 1470. The topological polar surface area (TPSA) is 96.1 Å². The minimum absolute atomic E-state index is 0.248. The van der Waals surface area contributed by atoms with Crippen LogP contribution in [0.3, 0.4) is 0 Å². The van der Waals surface area contributed by atoms with Crippen LogP contribution in [0.2, 0.25) is 5.02 Å². The molecule has 2 aliphatic rings. The quantitative estimate of drug-likeness (QED) is 0.261. The summed E-state index contributed by atoms with van der Waals surface area (Å²) in [5.41, 5.74) is 2.10. The number of ether oxygens (including phenoxy) is 5. The average Bonchev–Trinajstić information content (AvgIpc) is 3.59. The van der Waals surface area contributed by atoms with Gasteiger partial charge in [-0.05, 0) is 63.6 Å². The van der Waals surface area contributed by atoms with Gasteiger partial charge in [-0.2, -0.15) is 5.11 Å². The number of rotatable bonds is 10. The summed E-state index contributed by atoms with van der Waals surface area (Å²) in [6.45, 7) is 6.65. The van der Waals surface area contributed by atoms with Crippen molar-refractivity contribution in [3.8, 4) is 17.2 Å². The molecule has 0 bridgehead atoms. The van der Waals surface area contributed by atoms with E-state index in [1.165, 1.54) is 7.11 Å². The summed E-state index contributed by atoms with van der Waals surface area (Å²) in [6, 6.07) is 15.7. The fraction of sp³-hybridized carbons (Fsp3) is 0.452. The number of halogens is 1. The third kappa shape index (κ3) is 5.58. The maximum absolute atomic E-state index is 12.2. The number of para-hydroxylation sites is 1. The smallest absolute Gasteiger partial charge is 0.337 e. The lowest BCUT2D eigenvalue weighted by Crippen LogP contribution is -2.50. The van der Waals surface area contributed by atoms with Crippen LogP contribution in [0.25, 0.3) is 5.69 Å². The number of carbonyl (C=O) groups excluding carboxylic acids is 1. The van der Waals surface area contributed by atoms with Crippen LogP contribution >= 0.6 is 11.6 Å². The first kappa shape index (κ1) is 29.9. The molecule has 0 saturated carbocycles. The second kappa shape index (κ2) is 11.9. The van der Waals surface area contributed by atoms with Gasteiger partial charge in [-0.1, -0.05) is 29.0 Å². The number of esters is 1. The molecule has 0 saturated heterocycles. The van der Waals surface area contributed by atoms with Crippen molar-refractivity contribution in [1.82, 2.24) is 9.58 Å². The SMILES string of the molecule is COC(=O)C(C)(C)OCC1(C)CN=NN1CC[C@H]1O[C@H](c2cccc(OC)c2OC)c2cc(Cl)ccc2-n2cccc21. The van der Waals surface area contributed by atoms with E-state index in [-0.39, 0.29) is 12.7 Å². The third-order valence-corrected chi connectivity index (χ3v) is 8.12. The van der Waals surface area contributed by atoms with Crippen molar-refractivity contribution in [2.45, 2.75) is 50.5 Å². The summed E-state index contributed by atoms with van der Waals surface area (Å²) in [6.07, 6.45) is 1.82. The Kier molecular flexibility index (Phi) is 8.50. The summed E-state index contributed by atoms with van der Waals surface area (Å²) in [4.78, 5) is 12.2. The van der Waals surface area contributed by atoms with Gasteiger partial charge in [0.05, 0.1) is 45.9 Å². The largest absolute Gasteiger partial charge is 0.493 e. The molecule has 42 heavy (non-hydrogen) atoms. The van der Waals surface area contributed by atoms with Gasteiger partial charge in [0.2, 0.25) is 0 Å². The highest BCUT2D eigenvalue weighted by Crippen LogP contribution is 2.46. The van der Waals surface area contributed by atoms with Crippen LogP contribution in [0.5, 0.6) is 11.5 Å². The van der Waals surface area contributed by atoms with E-state index in [9.17, 15) is 4.79 Å². The molecule has 0 radical (unpaired) electrons. The van der Waals surface area contributed by atoms with Crippen LogP contribution in [0.1, 0.15) is 56.2 Å². The van der Waals surface area contributed by atoms with E-state index in [1.54, 1.807) is 28.1 Å². The summed E-state index contributed by atoms with van der Waals surface area (Å²) in [7, 11) is 4.60. The summed E-state index contributed by atoms with van der Waals surface area (Å²) in [5.74, 6) is 0.786. The van der Waals surface area contributed by atoms with E-state index in [2.05, 4.69) is 21.0 Å². The first-order valence-electron chi connectivity index (χ1n) is 13.8. The van der Waals surface area contributed by atoms with Crippen molar-refractivity contribution in [3.05, 3.63) is 76.6 Å². The van der Waals surface area contributed by atoms with Crippen molar-refractivity contribution in [1.29, 1.82) is 0 Å². The Labute approximate surface area is 251 Å². The second-order valence-electron chi connectivity index (χ2n) is 11.2. The normalized spacial score (nSPS) is 21.5. The van der Waals surface area contributed by atoms with Crippen LogP contribution < -0.4 is 9.47 Å². The molecule has 224 valence electrons. The van der Waals surface area contributed by atoms with Crippen molar-refractivity contribution < 1.29 is 28.5 Å². The monoisotopic (exact) mass is 596 g/mol. The van der Waals surface area contributed by atoms with E-state index in [1.807, 2.05) is 60.6 Å². The average molecular weight is 597 g/mol. The molecule has 3 atom stereocenters. The molecule has 0 amide bonds. The fourth-order valence-corrected chi connectivity index (χ4v) is 5.66. The zero-order valence-electron chi connectivity index (χ0n) is 24.8.